The number of sulfone groups is 1. The van der Waals surface area contributed by atoms with Crippen molar-refractivity contribution in [3.8, 4) is 0 Å². The highest BCUT2D eigenvalue weighted by Gasteiger charge is 2.29. The highest BCUT2D eigenvalue weighted by molar-refractivity contribution is 7.91. The van der Waals surface area contributed by atoms with Crippen LogP contribution in [0.3, 0.4) is 0 Å². The largest absolute Gasteiger partial charge is 0.506 e. The Morgan fingerprint density at radius 3 is 2.26 bits per heavy atom. The summed E-state index contributed by atoms with van der Waals surface area (Å²) in [6.07, 6.45) is 0.906. The van der Waals surface area contributed by atoms with Gasteiger partial charge in [-0.2, -0.15) is 0 Å². The lowest BCUT2D eigenvalue weighted by molar-refractivity contribution is -0.123. The van der Waals surface area contributed by atoms with Crippen LogP contribution in [0.5, 0.6) is 0 Å². The fourth-order valence-corrected chi connectivity index (χ4v) is 5.13. The van der Waals surface area contributed by atoms with Gasteiger partial charge in [0, 0.05) is 48.6 Å². The molecule has 1 aliphatic heterocycles. The molecule has 1 heterocycles. The van der Waals surface area contributed by atoms with Crippen LogP contribution >= 0.6 is 23.2 Å². The lowest BCUT2D eigenvalue weighted by atomic mass is 9.89. The fourth-order valence-electron chi connectivity index (χ4n) is 3.27. The normalized spacial score (nSPS) is 20.7. The number of Topliss-reactive ketones (excluding diaryl/α,β-unsaturated/α-hetero) is 2. The number of hydrogen-bond donors (Lipinski definition) is 1. The van der Waals surface area contributed by atoms with E-state index in [0.717, 1.165) is 0 Å². The van der Waals surface area contributed by atoms with Crippen LogP contribution in [0.25, 0.3) is 5.76 Å². The van der Waals surface area contributed by atoms with Gasteiger partial charge in [0.05, 0.1) is 16.5 Å². The Hall–Kier alpha value is -1.41. The number of benzene rings is 1. The molecular weight excluding hydrogens is 413 g/mol. The molecule has 1 aromatic carbocycles. The van der Waals surface area contributed by atoms with Crippen molar-refractivity contribution in [3.63, 3.8) is 0 Å². The van der Waals surface area contributed by atoms with Crippen molar-refractivity contribution >= 4 is 50.4 Å². The van der Waals surface area contributed by atoms with E-state index in [1.54, 1.807) is 6.07 Å². The molecule has 0 aromatic heterocycles. The second-order valence-corrected chi connectivity index (χ2v) is 9.83. The summed E-state index contributed by atoms with van der Waals surface area (Å²) in [5.41, 5.74) is 0.498. The molecule has 0 amide bonds. The molecule has 1 aliphatic carbocycles. The Labute approximate surface area is 167 Å². The average Bonchev–Trinajstić information content (AvgIpc) is 2.59. The summed E-state index contributed by atoms with van der Waals surface area (Å²) in [6, 6.07) is 3.03. The number of halogens is 2. The monoisotopic (exact) mass is 431 g/mol. The molecule has 6 nitrogen and oxygen atoms in total. The maximum atomic E-state index is 12.1. The van der Waals surface area contributed by atoms with Gasteiger partial charge in [0.1, 0.15) is 11.3 Å². The third kappa shape index (κ3) is 4.37. The molecule has 9 heteroatoms. The number of nitrogens with zero attached hydrogens (tertiary/aromatic N) is 1. The lowest BCUT2D eigenvalue weighted by Gasteiger charge is -2.27. The summed E-state index contributed by atoms with van der Waals surface area (Å²) in [4.78, 5) is 26.1. The van der Waals surface area contributed by atoms with Crippen molar-refractivity contribution in [2.75, 3.05) is 24.6 Å². The number of ketones is 2. The number of carbonyl (C=O) groups excluding carboxylic acids is 2. The van der Waals surface area contributed by atoms with Crippen LogP contribution < -0.4 is 0 Å². The van der Waals surface area contributed by atoms with Crippen molar-refractivity contribution in [1.82, 2.24) is 4.90 Å². The average molecular weight is 432 g/mol. The van der Waals surface area contributed by atoms with E-state index in [0.29, 0.717) is 36.6 Å². The van der Waals surface area contributed by atoms with E-state index < -0.39 is 27.2 Å². The maximum absolute atomic E-state index is 12.1. The summed E-state index contributed by atoms with van der Waals surface area (Å²) in [6.45, 7) is 1.04. The molecule has 27 heavy (non-hydrogen) atoms. The van der Waals surface area contributed by atoms with Crippen LogP contribution in [0.4, 0.5) is 0 Å². The Balaban J connectivity index is 1.94. The topological polar surface area (TPSA) is 91.8 Å². The number of aliphatic hydroxyl groups is 1. The van der Waals surface area contributed by atoms with Gasteiger partial charge in [-0.25, -0.2) is 8.42 Å². The Kier molecular flexibility index (Phi) is 5.96. The summed E-state index contributed by atoms with van der Waals surface area (Å²) < 4.78 is 23.2. The van der Waals surface area contributed by atoms with Gasteiger partial charge in [-0.05, 0) is 18.6 Å². The molecule has 1 saturated heterocycles. The van der Waals surface area contributed by atoms with Gasteiger partial charge in [0.2, 0.25) is 0 Å². The van der Waals surface area contributed by atoms with Crippen molar-refractivity contribution in [2.24, 2.45) is 0 Å². The molecule has 2 fully saturated rings. The smallest absolute Gasteiger partial charge is 0.170 e. The predicted octanol–water partition coefficient (Wildman–Crippen LogP) is 2.82. The van der Waals surface area contributed by atoms with Gasteiger partial charge in [0.25, 0.3) is 0 Å². The first-order chi connectivity index (χ1) is 12.7. The zero-order valence-corrected chi connectivity index (χ0v) is 16.8. The minimum absolute atomic E-state index is 0.0697. The lowest BCUT2D eigenvalue weighted by Crippen LogP contribution is -2.39. The molecule has 0 unspecified atom stereocenters. The van der Waals surface area contributed by atoms with Crippen molar-refractivity contribution in [3.05, 3.63) is 38.9 Å². The molecule has 0 spiro atoms. The molecule has 1 N–H and O–H groups in total. The van der Waals surface area contributed by atoms with E-state index in [9.17, 15) is 23.1 Å². The molecule has 1 aromatic rings. The molecule has 2 aliphatic rings. The second-order valence-electron chi connectivity index (χ2n) is 6.74. The minimum atomic E-state index is -3.01. The summed E-state index contributed by atoms with van der Waals surface area (Å²) in [5, 5.41) is 11.1. The minimum Gasteiger partial charge on any atom is -0.506 e. The van der Waals surface area contributed by atoms with E-state index in [4.69, 9.17) is 23.2 Å². The number of allylic oxidation sites excluding steroid dienone is 1. The van der Waals surface area contributed by atoms with Gasteiger partial charge in [-0.15, -0.1) is 0 Å². The molecule has 0 radical (unpaired) electrons. The number of rotatable bonds is 3. The van der Waals surface area contributed by atoms with Crippen molar-refractivity contribution in [1.29, 1.82) is 0 Å². The zero-order chi connectivity index (χ0) is 19.8. The summed E-state index contributed by atoms with van der Waals surface area (Å²) >= 11 is 12.7. The van der Waals surface area contributed by atoms with Crippen LogP contribution in [0.15, 0.2) is 17.7 Å². The number of aliphatic hydroxyl groups excluding tert-OH is 1. The Morgan fingerprint density at radius 1 is 1.07 bits per heavy atom. The molecule has 146 valence electrons. The van der Waals surface area contributed by atoms with Crippen LogP contribution in [-0.4, -0.2) is 54.6 Å². The first-order valence-electron chi connectivity index (χ1n) is 8.59. The standard InChI is InChI=1S/C18H19Cl2NO5S/c19-13-5-4-11(18(24)16-14(22)2-1-3-15(16)23)17(20)12(13)10-21-6-8-27(25,26)9-7-21/h4-5,24H,1-3,6-10H2. The first-order valence-corrected chi connectivity index (χ1v) is 11.2. The van der Waals surface area contributed by atoms with Crippen LogP contribution in [0, 0.1) is 0 Å². The van der Waals surface area contributed by atoms with E-state index in [1.165, 1.54) is 6.07 Å². The van der Waals surface area contributed by atoms with Crippen LogP contribution in [0.1, 0.15) is 30.4 Å². The number of hydrogen-bond acceptors (Lipinski definition) is 6. The second kappa shape index (κ2) is 7.91. The zero-order valence-electron chi connectivity index (χ0n) is 14.5. The molecular formula is C18H19Cl2NO5S. The molecule has 0 atom stereocenters. The molecule has 0 bridgehead atoms. The first kappa shape index (κ1) is 20.3. The van der Waals surface area contributed by atoms with Crippen LogP contribution in [0.2, 0.25) is 10.0 Å². The third-order valence-corrected chi connectivity index (χ3v) is 7.26. The van der Waals surface area contributed by atoms with Gasteiger partial charge < -0.3 is 5.11 Å². The van der Waals surface area contributed by atoms with Crippen molar-refractivity contribution < 1.29 is 23.1 Å². The Bertz CT molecular complexity index is 907. The number of carbonyl (C=O) groups is 2. The van der Waals surface area contributed by atoms with Crippen LogP contribution in [-0.2, 0) is 26.0 Å². The summed E-state index contributed by atoms with van der Waals surface area (Å²) in [5.74, 6) is -1.07. The SMILES string of the molecule is O=C1CCCC(=O)C1=C(O)c1ccc(Cl)c(CN2CCS(=O)(=O)CC2)c1Cl. The summed E-state index contributed by atoms with van der Waals surface area (Å²) in [7, 11) is -3.01. The maximum Gasteiger partial charge on any atom is 0.170 e. The molecule has 3 rings (SSSR count). The highest BCUT2D eigenvalue weighted by atomic mass is 35.5. The third-order valence-electron chi connectivity index (χ3n) is 4.86. The predicted molar refractivity (Wildman–Crippen MR) is 104 cm³/mol. The van der Waals surface area contributed by atoms with E-state index in [-0.39, 0.29) is 40.5 Å². The van der Waals surface area contributed by atoms with E-state index in [2.05, 4.69) is 0 Å². The van der Waals surface area contributed by atoms with Crippen molar-refractivity contribution in [2.45, 2.75) is 25.8 Å². The quantitative estimate of drug-likeness (QED) is 0.449. The highest BCUT2D eigenvalue weighted by Crippen LogP contribution is 2.35. The van der Waals surface area contributed by atoms with E-state index >= 15 is 0 Å². The molecule has 1 saturated carbocycles. The van der Waals surface area contributed by atoms with Gasteiger partial charge in [-0.3, -0.25) is 14.5 Å². The van der Waals surface area contributed by atoms with E-state index in [1.807, 2.05) is 4.90 Å². The van der Waals surface area contributed by atoms with Gasteiger partial charge in [-0.1, -0.05) is 23.2 Å². The van der Waals surface area contributed by atoms with Gasteiger partial charge in [0.15, 0.2) is 21.4 Å². The fraction of sp³-hybridized carbons (Fsp3) is 0.444. The van der Waals surface area contributed by atoms with Gasteiger partial charge >= 0.3 is 0 Å². The Morgan fingerprint density at radius 2 is 1.67 bits per heavy atom.